The molecule has 1 atom stereocenters. The van der Waals surface area contributed by atoms with Crippen LogP contribution < -0.4 is 10.2 Å². The van der Waals surface area contributed by atoms with E-state index in [1.54, 1.807) is 12.1 Å². The van der Waals surface area contributed by atoms with Gasteiger partial charge in [-0.15, -0.1) is 0 Å². The van der Waals surface area contributed by atoms with E-state index in [0.29, 0.717) is 23.2 Å². The summed E-state index contributed by atoms with van der Waals surface area (Å²) in [4.78, 5) is 25.4. The van der Waals surface area contributed by atoms with Gasteiger partial charge < -0.3 is 10.2 Å². The molecule has 130 valence electrons. The van der Waals surface area contributed by atoms with E-state index in [1.165, 1.54) is 6.07 Å². The van der Waals surface area contributed by atoms with Gasteiger partial charge in [0.25, 0.3) is 5.69 Å². The Labute approximate surface area is 154 Å². The van der Waals surface area contributed by atoms with Crippen LogP contribution in [-0.4, -0.2) is 23.9 Å². The zero-order valence-corrected chi connectivity index (χ0v) is 15.1. The molecule has 0 aromatic heterocycles. The molecule has 6 nitrogen and oxygen atoms in total. The van der Waals surface area contributed by atoms with Crippen LogP contribution >= 0.6 is 15.9 Å². The standard InChI is InChI=1S/C18H18BrN3O3/c19-14-8-9-16(17(11-14)22(24)25)21-10-4-5-13(12-21)18(23)20-15-6-2-1-3-7-15/h1-3,6-9,11,13H,4-5,10,12H2,(H,20,23)/t13-/m0/s1. The Morgan fingerprint density at radius 3 is 2.72 bits per heavy atom. The molecule has 1 amide bonds. The molecule has 2 aromatic carbocycles. The first kappa shape index (κ1) is 17.4. The van der Waals surface area contributed by atoms with Crippen molar-refractivity contribution < 1.29 is 9.72 Å². The number of hydrogen-bond acceptors (Lipinski definition) is 4. The third kappa shape index (κ3) is 4.17. The number of carbonyl (C=O) groups is 1. The lowest BCUT2D eigenvalue weighted by atomic mass is 9.96. The highest BCUT2D eigenvalue weighted by Gasteiger charge is 2.29. The molecule has 0 saturated carbocycles. The van der Waals surface area contributed by atoms with Crippen LogP contribution in [0.5, 0.6) is 0 Å². The fraction of sp³-hybridized carbons (Fsp3) is 0.278. The fourth-order valence-electron chi connectivity index (χ4n) is 3.09. The van der Waals surface area contributed by atoms with E-state index in [4.69, 9.17) is 0 Å². The van der Waals surface area contributed by atoms with E-state index in [-0.39, 0.29) is 22.4 Å². The Morgan fingerprint density at radius 1 is 1.24 bits per heavy atom. The maximum atomic E-state index is 12.5. The van der Waals surface area contributed by atoms with Gasteiger partial charge in [-0.05, 0) is 37.1 Å². The van der Waals surface area contributed by atoms with Crippen molar-refractivity contribution in [2.24, 2.45) is 5.92 Å². The molecule has 1 aliphatic heterocycles. The van der Waals surface area contributed by atoms with Crippen LogP contribution in [0, 0.1) is 16.0 Å². The van der Waals surface area contributed by atoms with Crippen molar-refractivity contribution in [3.05, 3.63) is 63.1 Å². The number of benzene rings is 2. The molecule has 2 aromatic rings. The largest absolute Gasteiger partial charge is 0.365 e. The summed E-state index contributed by atoms with van der Waals surface area (Å²) in [5.41, 5.74) is 1.38. The smallest absolute Gasteiger partial charge is 0.293 e. The number of rotatable bonds is 4. The third-order valence-electron chi connectivity index (χ3n) is 4.31. The lowest BCUT2D eigenvalue weighted by molar-refractivity contribution is -0.384. The maximum absolute atomic E-state index is 12.5. The average molecular weight is 404 g/mol. The first-order chi connectivity index (χ1) is 12.0. The van der Waals surface area contributed by atoms with Crippen LogP contribution in [0.15, 0.2) is 53.0 Å². The number of carbonyl (C=O) groups excluding carboxylic acids is 1. The zero-order valence-electron chi connectivity index (χ0n) is 13.5. The molecule has 1 fully saturated rings. The zero-order chi connectivity index (χ0) is 17.8. The van der Waals surface area contributed by atoms with Crippen molar-refractivity contribution in [3.8, 4) is 0 Å². The summed E-state index contributed by atoms with van der Waals surface area (Å²) in [7, 11) is 0. The van der Waals surface area contributed by atoms with E-state index >= 15 is 0 Å². The molecule has 7 heteroatoms. The molecule has 0 radical (unpaired) electrons. The van der Waals surface area contributed by atoms with Crippen LogP contribution in [0.4, 0.5) is 17.1 Å². The van der Waals surface area contributed by atoms with Gasteiger partial charge in [0.1, 0.15) is 5.69 Å². The summed E-state index contributed by atoms with van der Waals surface area (Å²) < 4.78 is 0.665. The second-order valence-corrected chi connectivity index (χ2v) is 6.95. The number of piperidine rings is 1. The normalized spacial score (nSPS) is 17.2. The van der Waals surface area contributed by atoms with Crippen molar-refractivity contribution in [1.82, 2.24) is 0 Å². The van der Waals surface area contributed by atoms with Gasteiger partial charge >= 0.3 is 0 Å². The van der Waals surface area contributed by atoms with Gasteiger partial charge in [-0.1, -0.05) is 34.1 Å². The van der Waals surface area contributed by atoms with Gasteiger partial charge in [-0.25, -0.2) is 0 Å². The van der Waals surface area contributed by atoms with E-state index in [0.717, 1.165) is 18.5 Å². The van der Waals surface area contributed by atoms with Gasteiger partial charge in [-0.3, -0.25) is 14.9 Å². The van der Waals surface area contributed by atoms with Gasteiger partial charge in [0.2, 0.25) is 5.91 Å². The molecule has 0 bridgehead atoms. The molecule has 0 aliphatic carbocycles. The SMILES string of the molecule is O=C(Nc1ccccc1)[C@H]1CCCN(c2ccc(Br)cc2[N+](=O)[O-])C1. The summed E-state index contributed by atoms with van der Waals surface area (Å²) in [6.45, 7) is 1.18. The number of nitro groups is 1. The van der Waals surface area contributed by atoms with Crippen LogP contribution in [0.2, 0.25) is 0 Å². The van der Waals surface area contributed by atoms with Crippen molar-refractivity contribution in [2.75, 3.05) is 23.3 Å². The number of nitro benzene ring substituents is 1. The summed E-state index contributed by atoms with van der Waals surface area (Å²) >= 11 is 3.27. The number of nitrogens with one attached hydrogen (secondary N) is 1. The van der Waals surface area contributed by atoms with Crippen molar-refractivity contribution in [3.63, 3.8) is 0 Å². The molecule has 25 heavy (non-hydrogen) atoms. The second-order valence-electron chi connectivity index (χ2n) is 6.03. The summed E-state index contributed by atoms with van der Waals surface area (Å²) in [5, 5.41) is 14.3. The number of anilines is 2. The maximum Gasteiger partial charge on any atom is 0.293 e. The molecule has 3 rings (SSSR count). The quantitative estimate of drug-likeness (QED) is 0.612. The lowest BCUT2D eigenvalue weighted by Gasteiger charge is -2.33. The van der Waals surface area contributed by atoms with Gasteiger partial charge in [0, 0.05) is 29.3 Å². The van der Waals surface area contributed by atoms with E-state index in [1.807, 2.05) is 35.2 Å². The topological polar surface area (TPSA) is 75.5 Å². The molecular weight excluding hydrogens is 386 g/mol. The minimum atomic E-state index is -0.381. The summed E-state index contributed by atoms with van der Waals surface area (Å²) in [5.74, 6) is -0.243. The van der Waals surface area contributed by atoms with Crippen LogP contribution in [-0.2, 0) is 4.79 Å². The average Bonchev–Trinajstić information content (AvgIpc) is 2.62. The molecular formula is C18H18BrN3O3. The lowest BCUT2D eigenvalue weighted by Crippen LogP contribution is -2.41. The third-order valence-corrected chi connectivity index (χ3v) is 4.80. The second kappa shape index (κ2) is 7.65. The number of halogens is 1. The predicted molar refractivity (Wildman–Crippen MR) is 101 cm³/mol. The number of nitrogens with zero attached hydrogens (tertiary/aromatic N) is 2. The van der Waals surface area contributed by atoms with Crippen molar-refractivity contribution in [1.29, 1.82) is 0 Å². The highest BCUT2D eigenvalue weighted by molar-refractivity contribution is 9.10. The first-order valence-electron chi connectivity index (χ1n) is 8.09. The Bertz CT molecular complexity index is 782. The molecule has 1 saturated heterocycles. The minimum Gasteiger partial charge on any atom is -0.365 e. The van der Waals surface area contributed by atoms with E-state index in [9.17, 15) is 14.9 Å². The molecule has 0 unspecified atom stereocenters. The van der Waals surface area contributed by atoms with Gasteiger partial charge in [0.15, 0.2) is 0 Å². The van der Waals surface area contributed by atoms with Gasteiger partial charge in [-0.2, -0.15) is 0 Å². The van der Waals surface area contributed by atoms with E-state index in [2.05, 4.69) is 21.2 Å². The van der Waals surface area contributed by atoms with Crippen LogP contribution in [0.25, 0.3) is 0 Å². The number of hydrogen-bond donors (Lipinski definition) is 1. The van der Waals surface area contributed by atoms with E-state index < -0.39 is 0 Å². The summed E-state index contributed by atoms with van der Waals surface area (Å²) in [6, 6.07) is 14.3. The highest BCUT2D eigenvalue weighted by atomic mass is 79.9. The Hall–Kier alpha value is -2.41. The van der Waals surface area contributed by atoms with Crippen molar-refractivity contribution in [2.45, 2.75) is 12.8 Å². The van der Waals surface area contributed by atoms with Crippen LogP contribution in [0.1, 0.15) is 12.8 Å². The minimum absolute atomic E-state index is 0.0457. The number of amides is 1. The highest BCUT2D eigenvalue weighted by Crippen LogP contribution is 2.34. The van der Waals surface area contributed by atoms with Crippen molar-refractivity contribution >= 4 is 38.9 Å². The fourth-order valence-corrected chi connectivity index (χ4v) is 3.43. The molecule has 1 heterocycles. The molecule has 1 aliphatic rings. The Kier molecular flexibility index (Phi) is 5.33. The Balaban J connectivity index is 1.75. The molecule has 0 spiro atoms. The monoisotopic (exact) mass is 403 g/mol. The molecule has 1 N–H and O–H groups in total. The van der Waals surface area contributed by atoms with Gasteiger partial charge in [0.05, 0.1) is 10.8 Å². The Morgan fingerprint density at radius 2 is 2.00 bits per heavy atom. The summed E-state index contributed by atoms with van der Waals surface area (Å²) in [6.07, 6.45) is 1.60. The number of para-hydroxylation sites is 1. The van der Waals surface area contributed by atoms with Crippen LogP contribution in [0.3, 0.4) is 0 Å². The first-order valence-corrected chi connectivity index (χ1v) is 8.88. The predicted octanol–water partition coefficient (Wildman–Crippen LogP) is 4.21.